The average Bonchev–Trinajstić information content (AvgIpc) is 3.31. The molecule has 0 aliphatic carbocycles. The molecule has 0 amide bonds. The predicted octanol–water partition coefficient (Wildman–Crippen LogP) is 1.43. The first-order valence-corrected chi connectivity index (χ1v) is 9.91. The molecule has 0 spiro atoms. The molecule has 160 valence electrons. The maximum absolute atomic E-state index is 13.3. The largest absolute Gasteiger partial charge is 0.478 e. The number of methoxy groups -OCH3 is 1. The molecule has 10 nitrogen and oxygen atoms in total. The van der Waals surface area contributed by atoms with Gasteiger partial charge in [0.05, 0.1) is 25.0 Å². The Kier molecular flexibility index (Phi) is 5.35. The summed E-state index contributed by atoms with van der Waals surface area (Å²) in [6, 6.07) is -0.0802. The number of anilines is 2. The highest BCUT2D eigenvalue weighted by molar-refractivity contribution is 5.75. The van der Waals surface area contributed by atoms with Crippen molar-refractivity contribution in [3.05, 3.63) is 47.4 Å². The van der Waals surface area contributed by atoms with Crippen molar-refractivity contribution in [2.24, 2.45) is 7.05 Å². The van der Waals surface area contributed by atoms with Crippen LogP contribution in [0.4, 0.5) is 11.4 Å². The first-order valence-electron chi connectivity index (χ1n) is 9.91. The number of hydrogen-bond donors (Lipinski definition) is 2. The van der Waals surface area contributed by atoms with E-state index in [1.54, 1.807) is 33.2 Å². The van der Waals surface area contributed by atoms with Crippen molar-refractivity contribution in [3.63, 3.8) is 0 Å². The highest BCUT2D eigenvalue weighted by atomic mass is 16.5. The lowest BCUT2D eigenvalue weighted by Gasteiger charge is -2.35. The molecule has 0 radical (unpaired) electrons. The molecule has 1 aliphatic rings. The Morgan fingerprint density at radius 2 is 2.20 bits per heavy atom. The molecule has 1 saturated heterocycles. The Morgan fingerprint density at radius 3 is 2.93 bits per heavy atom. The van der Waals surface area contributed by atoms with E-state index in [2.05, 4.69) is 22.0 Å². The molecule has 0 saturated carbocycles. The van der Waals surface area contributed by atoms with Crippen molar-refractivity contribution in [2.75, 3.05) is 25.5 Å². The van der Waals surface area contributed by atoms with E-state index in [4.69, 9.17) is 4.74 Å². The monoisotopic (exact) mass is 413 g/mol. The molecule has 3 aromatic rings. The van der Waals surface area contributed by atoms with Gasteiger partial charge in [-0.3, -0.25) is 14.1 Å². The molecule has 10 heteroatoms. The summed E-state index contributed by atoms with van der Waals surface area (Å²) < 4.78 is 10.3. The van der Waals surface area contributed by atoms with Gasteiger partial charge in [-0.1, -0.05) is 6.58 Å². The minimum Gasteiger partial charge on any atom is -0.478 e. The van der Waals surface area contributed by atoms with Gasteiger partial charge < -0.3 is 15.2 Å². The number of hydrogen-bond acceptors (Lipinski definition) is 7. The van der Waals surface area contributed by atoms with E-state index in [0.717, 1.165) is 25.1 Å². The molecule has 4 heterocycles. The number of fused-ring (bicyclic) bond motifs is 1. The van der Waals surface area contributed by atoms with Crippen LogP contribution in [0.1, 0.15) is 24.6 Å². The Balaban J connectivity index is 1.79. The number of likely N-dealkylation sites (tertiary alicyclic amines) is 1. The van der Waals surface area contributed by atoms with Crippen LogP contribution >= 0.6 is 0 Å². The summed E-state index contributed by atoms with van der Waals surface area (Å²) in [6.45, 7) is 6.85. The van der Waals surface area contributed by atoms with Crippen LogP contribution in [0.3, 0.4) is 0 Å². The number of rotatable bonds is 6. The third kappa shape index (κ3) is 3.48. The third-order valence-electron chi connectivity index (χ3n) is 5.52. The zero-order valence-electron chi connectivity index (χ0n) is 17.4. The molecule has 1 fully saturated rings. The van der Waals surface area contributed by atoms with E-state index in [0.29, 0.717) is 29.4 Å². The first-order chi connectivity index (χ1) is 14.4. The van der Waals surface area contributed by atoms with Gasteiger partial charge in [-0.25, -0.2) is 14.2 Å². The minimum absolute atomic E-state index is 0.0802. The number of aliphatic hydroxyl groups is 1. The van der Waals surface area contributed by atoms with Crippen molar-refractivity contribution in [3.8, 4) is 5.88 Å². The van der Waals surface area contributed by atoms with Crippen molar-refractivity contribution < 1.29 is 9.84 Å². The summed E-state index contributed by atoms with van der Waals surface area (Å²) in [7, 11) is 3.37. The van der Waals surface area contributed by atoms with Gasteiger partial charge >= 0.3 is 5.69 Å². The van der Waals surface area contributed by atoms with Crippen LogP contribution in [0.15, 0.2) is 36.0 Å². The van der Waals surface area contributed by atoms with Crippen LogP contribution < -0.4 is 15.7 Å². The molecule has 0 aromatic carbocycles. The van der Waals surface area contributed by atoms with Gasteiger partial charge in [0.1, 0.15) is 11.9 Å². The molecule has 4 rings (SSSR count). The Labute approximate surface area is 174 Å². The van der Waals surface area contributed by atoms with Crippen LogP contribution in [-0.4, -0.2) is 60.2 Å². The van der Waals surface area contributed by atoms with Crippen LogP contribution in [-0.2, 0) is 7.05 Å². The second-order valence-corrected chi connectivity index (χ2v) is 7.58. The molecule has 3 aromatic heterocycles. The summed E-state index contributed by atoms with van der Waals surface area (Å²) in [5.74, 6) is 0.453. The molecule has 2 N–H and O–H groups in total. The Bertz CT molecular complexity index is 1130. The fourth-order valence-electron chi connectivity index (χ4n) is 4.04. The van der Waals surface area contributed by atoms with Crippen molar-refractivity contribution in [2.45, 2.75) is 32.0 Å². The third-order valence-corrected chi connectivity index (χ3v) is 5.52. The quantitative estimate of drug-likeness (QED) is 0.590. The number of aliphatic hydroxyl groups excluding tert-OH is 1. The number of imidazole rings is 1. The first kappa shape index (κ1) is 20.2. The highest BCUT2D eigenvalue weighted by Gasteiger charge is 2.27. The summed E-state index contributed by atoms with van der Waals surface area (Å²) in [5.41, 5.74) is 2.50. The molecule has 2 atom stereocenters. The Morgan fingerprint density at radius 1 is 1.40 bits per heavy atom. The van der Waals surface area contributed by atoms with E-state index in [1.165, 1.54) is 6.08 Å². The second-order valence-electron chi connectivity index (χ2n) is 7.58. The standard InChI is InChI=1S/C20H27N7O3/c1-5-17(28)25-8-6-7-14(10-25)26-12-15(18-21-9-13(2)27(18)20(26)29)22-16-11-24(3)23-19(16)30-4/h5,9,11-12,14,17,22,28H,1,6-8,10H2,2-4H3. The van der Waals surface area contributed by atoms with Gasteiger partial charge in [-0.2, -0.15) is 0 Å². The second kappa shape index (κ2) is 7.96. The average molecular weight is 413 g/mol. The zero-order valence-corrected chi connectivity index (χ0v) is 17.4. The van der Waals surface area contributed by atoms with Crippen LogP contribution in [0.2, 0.25) is 0 Å². The van der Waals surface area contributed by atoms with Gasteiger partial charge in [-0.05, 0) is 25.8 Å². The molecule has 1 aliphatic heterocycles. The van der Waals surface area contributed by atoms with Crippen LogP contribution in [0.5, 0.6) is 5.88 Å². The summed E-state index contributed by atoms with van der Waals surface area (Å²) in [6.07, 6.45) is 7.79. The number of nitrogens with one attached hydrogen (secondary N) is 1. The van der Waals surface area contributed by atoms with Crippen molar-refractivity contribution in [1.82, 2.24) is 28.6 Å². The topological polar surface area (TPSA) is 102 Å². The number of piperidine rings is 1. The normalized spacial score (nSPS) is 18.5. The van der Waals surface area contributed by atoms with Gasteiger partial charge in [0.2, 0.25) is 0 Å². The maximum atomic E-state index is 13.3. The van der Waals surface area contributed by atoms with E-state index in [-0.39, 0.29) is 11.7 Å². The maximum Gasteiger partial charge on any atom is 0.334 e. The van der Waals surface area contributed by atoms with E-state index < -0.39 is 6.23 Å². The summed E-state index contributed by atoms with van der Waals surface area (Å²) >= 11 is 0. The Hall–Kier alpha value is -3.11. The van der Waals surface area contributed by atoms with E-state index in [9.17, 15) is 9.90 Å². The van der Waals surface area contributed by atoms with Crippen LogP contribution in [0.25, 0.3) is 5.65 Å². The van der Waals surface area contributed by atoms with Crippen molar-refractivity contribution in [1.29, 1.82) is 0 Å². The fraction of sp³-hybridized carbons (Fsp3) is 0.450. The summed E-state index contributed by atoms with van der Waals surface area (Å²) in [5, 5.41) is 17.8. The lowest BCUT2D eigenvalue weighted by atomic mass is 10.1. The van der Waals surface area contributed by atoms with Gasteiger partial charge in [0.25, 0.3) is 5.88 Å². The molecule has 2 unspecified atom stereocenters. The smallest absolute Gasteiger partial charge is 0.334 e. The molecule has 30 heavy (non-hydrogen) atoms. The summed E-state index contributed by atoms with van der Waals surface area (Å²) in [4.78, 5) is 19.7. The predicted molar refractivity (Wildman–Crippen MR) is 113 cm³/mol. The zero-order chi connectivity index (χ0) is 21.4. The van der Waals surface area contributed by atoms with E-state index in [1.807, 2.05) is 25.1 Å². The minimum atomic E-state index is -0.723. The molecular weight excluding hydrogens is 386 g/mol. The number of aromatic nitrogens is 5. The SMILES string of the molecule is C=CC(O)N1CCCC(n2cc(Nc3cn(C)nc3OC)c3ncc(C)n3c2=O)C1. The van der Waals surface area contributed by atoms with Crippen LogP contribution in [0, 0.1) is 6.92 Å². The lowest BCUT2D eigenvalue weighted by molar-refractivity contribution is 0.0131. The fourth-order valence-corrected chi connectivity index (χ4v) is 4.04. The molecule has 0 bridgehead atoms. The number of nitrogens with zero attached hydrogens (tertiary/aromatic N) is 6. The van der Waals surface area contributed by atoms with Gasteiger partial charge in [-0.15, -0.1) is 5.10 Å². The molecular formula is C20H27N7O3. The number of ether oxygens (including phenoxy) is 1. The number of aryl methyl sites for hydroxylation is 2. The highest BCUT2D eigenvalue weighted by Crippen LogP contribution is 2.29. The van der Waals surface area contributed by atoms with E-state index >= 15 is 0 Å². The lowest BCUT2D eigenvalue weighted by Crippen LogP contribution is -2.45. The van der Waals surface area contributed by atoms with Gasteiger partial charge in [0.15, 0.2) is 5.65 Å². The van der Waals surface area contributed by atoms with Crippen molar-refractivity contribution >= 4 is 17.0 Å². The van der Waals surface area contributed by atoms with Gasteiger partial charge in [0, 0.05) is 38.2 Å².